The molecule has 0 aliphatic carbocycles. The van der Waals surface area contributed by atoms with E-state index in [0.29, 0.717) is 0 Å². The Morgan fingerprint density at radius 3 is 2.92 bits per heavy atom. The first-order chi connectivity index (χ1) is 6.24. The van der Waals surface area contributed by atoms with Gasteiger partial charge in [0.1, 0.15) is 0 Å². The fourth-order valence-electron chi connectivity index (χ4n) is 0.921. The van der Waals surface area contributed by atoms with Crippen LogP contribution in [0.4, 0.5) is 5.69 Å². The molecule has 13 heavy (non-hydrogen) atoms. The summed E-state index contributed by atoms with van der Waals surface area (Å²) in [7, 11) is 0. The lowest BCUT2D eigenvalue weighted by molar-refractivity contribution is 1.23. The van der Waals surface area contributed by atoms with Gasteiger partial charge in [-0.25, -0.2) is 0 Å². The van der Waals surface area contributed by atoms with Crippen molar-refractivity contribution >= 4 is 51.6 Å². The van der Waals surface area contributed by atoms with Crippen LogP contribution in [0.3, 0.4) is 0 Å². The molecule has 0 saturated carbocycles. The Morgan fingerprint density at radius 1 is 1.54 bits per heavy atom. The van der Waals surface area contributed by atoms with Crippen molar-refractivity contribution in [2.24, 2.45) is 0 Å². The SMILES string of the molecule is CSCCNc1ccc(I)cc1Cl. The Kier molecular flexibility index (Phi) is 5.28. The fourth-order valence-corrected chi connectivity index (χ4v) is 2.15. The highest BCUT2D eigenvalue weighted by Gasteiger charge is 1.98. The summed E-state index contributed by atoms with van der Waals surface area (Å²) in [4.78, 5) is 0. The summed E-state index contributed by atoms with van der Waals surface area (Å²) in [5, 5.41) is 4.08. The van der Waals surface area contributed by atoms with Crippen LogP contribution in [0.5, 0.6) is 0 Å². The molecular formula is C9H11ClINS. The van der Waals surface area contributed by atoms with Gasteiger partial charge in [0.2, 0.25) is 0 Å². The Bertz CT molecular complexity index is 280. The second-order valence-electron chi connectivity index (χ2n) is 2.54. The molecule has 0 aliphatic heterocycles. The van der Waals surface area contributed by atoms with E-state index in [4.69, 9.17) is 11.6 Å². The highest BCUT2D eigenvalue weighted by Crippen LogP contribution is 2.23. The van der Waals surface area contributed by atoms with Gasteiger partial charge in [-0.15, -0.1) is 0 Å². The molecule has 0 unspecified atom stereocenters. The van der Waals surface area contributed by atoms with Crippen molar-refractivity contribution in [1.82, 2.24) is 0 Å². The fraction of sp³-hybridized carbons (Fsp3) is 0.333. The molecule has 0 bridgehead atoms. The van der Waals surface area contributed by atoms with Crippen LogP contribution in [-0.2, 0) is 0 Å². The summed E-state index contributed by atoms with van der Waals surface area (Å²) in [5.74, 6) is 1.10. The topological polar surface area (TPSA) is 12.0 Å². The molecule has 1 nitrogen and oxygen atoms in total. The third kappa shape index (κ3) is 3.95. The number of benzene rings is 1. The Hall–Kier alpha value is 0.390. The Morgan fingerprint density at radius 2 is 2.31 bits per heavy atom. The Balaban J connectivity index is 2.56. The van der Waals surface area contributed by atoms with E-state index >= 15 is 0 Å². The van der Waals surface area contributed by atoms with Crippen LogP contribution >= 0.6 is 46.0 Å². The molecule has 1 aromatic rings. The van der Waals surface area contributed by atoms with Gasteiger partial charge in [0.05, 0.1) is 10.7 Å². The van der Waals surface area contributed by atoms with Crippen LogP contribution in [0.15, 0.2) is 18.2 Å². The maximum atomic E-state index is 6.03. The standard InChI is InChI=1S/C9H11ClINS/c1-13-5-4-12-9-3-2-7(11)6-8(9)10/h2-3,6,12H,4-5H2,1H3. The minimum absolute atomic E-state index is 0.799. The quantitative estimate of drug-likeness (QED) is 0.668. The molecule has 0 amide bonds. The molecule has 0 heterocycles. The minimum atomic E-state index is 0.799. The number of thioether (sulfide) groups is 1. The molecule has 1 N–H and O–H groups in total. The summed E-state index contributed by atoms with van der Waals surface area (Å²) in [6.07, 6.45) is 2.09. The van der Waals surface area contributed by atoms with Gasteiger partial charge in [0.25, 0.3) is 0 Å². The predicted molar refractivity (Wildman–Crippen MR) is 71.0 cm³/mol. The molecule has 1 rings (SSSR count). The van der Waals surface area contributed by atoms with Gasteiger partial charge in [0, 0.05) is 15.9 Å². The van der Waals surface area contributed by atoms with E-state index in [1.807, 2.05) is 30.0 Å². The van der Waals surface area contributed by atoms with E-state index in [2.05, 4.69) is 34.2 Å². The van der Waals surface area contributed by atoms with Crippen LogP contribution < -0.4 is 5.32 Å². The van der Waals surface area contributed by atoms with E-state index in [0.717, 1.165) is 26.6 Å². The van der Waals surface area contributed by atoms with E-state index < -0.39 is 0 Å². The van der Waals surface area contributed by atoms with Crippen LogP contribution in [0, 0.1) is 3.57 Å². The first-order valence-corrected chi connectivity index (χ1v) is 6.77. The van der Waals surface area contributed by atoms with E-state index in [1.165, 1.54) is 0 Å². The number of hydrogen-bond donors (Lipinski definition) is 1. The first-order valence-electron chi connectivity index (χ1n) is 3.92. The van der Waals surface area contributed by atoms with Crippen molar-refractivity contribution in [2.75, 3.05) is 23.9 Å². The van der Waals surface area contributed by atoms with Crippen molar-refractivity contribution in [3.8, 4) is 0 Å². The summed E-state index contributed by atoms with van der Waals surface area (Å²) in [5.41, 5.74) is 1.02. The second-order valence-corrected chi connectivity index (χ2v) is 5.18. The van der Waals surface area contributed by atoms with Gasteiger partial charge in [-0.1, -0.05) is 11.6 Å². The zero-order valence-corrected chi connectivity index (χ0v) is 11.0. The molecule has 1 aromatic carbocycles. The number of anilines is 1. The number of rotatable bonds is 4. The van der Waals surface area contributed by atoms with Crippen LogP contribution in [0.2, 0.25) is 5.02 Å². The maximum Gasteiger partial charge on any atom is 0.0648 e. The number of halogens is 2. The second kappa shape index (κ2) is 5.98. The number of hydrogen-bond acceptors (Lipinski definition) is 2. The molecule has 0 aromatic heterocycles. The lowest BCUT2D eigenvalue weighted by Gasteiger charge is -2.07. The van der Waals surface area contributed by atoms with E-state index in [-0.39, 0.29) is 0 Å². The largest absolute Gasteiger partial charge is 0.383 e. The number of nitrogens with one attached hydrogen (secondary N) is 1. The Labute approximate surface area is 102 Å². The van der Waals surface area contributed by atoms with Crippen molar-refractivity contribution in [3.63, 3.8) is 0 Å². The predicted octanol–water partition coefficient (Wildman–Crippen LogP) is 3.72. The highest BCUT2D eigenvalue weighted by atomic mass is 127. The average Bonchev–Trinajstić information content (AvgIpc) is 2.09. The zero-order valence-electron chi connectivity index (χ0n) is 7.31. The molecule has 4 heteroatoms. The van der Waals surface area contributed by atoms with Crippen LogP contribution in [0.25, 0.3) is 0 Å². The first kappa shape index (κ1) is 11.5. The van der Waals surface area contributed by atoms with Crippen LogP contribution in [0.1, 0.15) is 0 Å². The molecule has 0 spiro atoms. The third-order valence-corrected chi connectivity index (χ3v) is 3.15. The molecule has 0 fully saturated rings. The molecule has 0 saturated heterocycles. The van der Waals surface area contributed by atoms with Crippen molar-refractivity contribution in [1.29, 1.82) is 0 Å². The summed E-state index contributed by atoms with van der Waals surface area (Å²) >= 11 is 10.1. The lowest BCUT2D eigenvalue weighted by atomic mass is 10.3. The molecular weight excluding hydrogens is 317 g/mol. The van der Waals surface area contributed by atoms with Gasteiger partial charge in [-0.2, -0.15) is 11.8 Å². The van der Waals surface area contributed by atoms with Gasteiger partial charge < -0.3 is 5.32 Å². The molecule has 0 radical (unpaired) electrons. The van der Waals surface area contributed by atoms with E-state index in [1.54, 1.807) is 0 Å². The van der Waals surface area contributed by atoms with Crippen molar-refractivity contribution < 1.29 is 0 Å². The monoisotopic (exact) mass is 327 g/mol. The summed E-state index contributed by atoms with van der Waals surface area (Å²) in [6.45, 7) is 0.960. The van der Waals surface area contributed by atoms with Gasteiger partial charge in [0.15, 0.2) is 0 Å². The minimum Gasteiger partial charge on any atom is -0.383 e. The van der Waals surface area contributed by atoms with E-state index in [9.17, 15) is 0 Å². The molecule has 0 atom stereocenters. The summed E-state index contributed by atoms with van der Waals surface area (Å²) < 4.78 is 1.16. The smallest absolute Gasteiger partial charge is 0.0648 e. The van der Waals surface area contributed by atoms with Crippen molar-refractivity contribution in [2.45, 2.75) is 0 Å². The normalized spacial score (nSPS) is 10.1. The summed E-state index contributed by atoms with van der Waals surface area (Å²) in [6, 6.07) is 6.03. The van der Waals surface area contributed by atoms with Gasteiger partial charge >= 0.3 is 0 Å². The molecule has 72 valence electrons. The van der Waals surface area contributed by atoms with Crippen LogP contribution in [-0.4, -0.2) is 18.6 Å². The van der Waals surface area contributed by atoms with Crippen molar-refractivity contribution in [3.05, 3.63) is 26.8 Å². The molecule has 0 aliphatic rings. The highest BCUT2D eigenvalue weighted by molar-refractivity contribution is 14.1. The zero-order chi connectivity index (χ0) is 9.68. The third-order valence-electron chi connectivity index (χ3n) is 1.55. The van der Waals surface area contributed by atoms with Gasteiger partial charge in [-0.3, -0.25) is 0 Å². The van der Waals surface area contributed by atoms with Gasteiger partial charge in [-0.05, 0) is 47.0 Å². The average molecular weight is 328 g/mol. The maximum absolute atomic E-state index is 6.03. The lowest BCUT2D eigenvalue weighted by Crippen LogP contribution is -2.03.